The number of hydrogen-bond donors (Lipinski definition) is 1. The Morgan fingerprint density at radius 1 is 1.08 bits per heavy atom. The third-order valence-corrected chi connectivity index (χ3v) is 5.29. The van der Waals surface area contributed by atoms with Crippen LogP contribution in [0.3, 0.4) is 0 Å². The molecule has 0 unspecified atom stereocenters. The van der Waals surface area contributed by atoms with Crippen molar-refractivity contribution in [2.45, 2.75) is 6.54 Å². The molecule has 1 N–H and O–H groups in total. The van der Waals surface area contributed by atoms with Gasteiger partial charge in [0, 0.05) is 30.1 Å². The first-order chi connectivity index (χ1) is 12.7. The van der Waals surface area contributed by atoms with E-state index in [9.17, 15) is 4.79 Å². The SMILES string of the molecule is CNCc1cc(N2CCSC2=O)ccc1Oc1ccc2ccccc2c1. The highest BCUT2D eigenvalue weighted by Crippen LogP contribution is 2.33. The number of thioether (sulfide) groups is 1. The highest BCUT2D eigenvalue weighted by atomic mass is 32.2. The summed E-state index contributed by atoms with van der Waals surface area (Å²) in [7, 11) is 1.91. The Bertz CT molecular complexity index is 958. The molecule has 0 radical (unpaired) electrons. The zero-order valence-corrected chi connectivity index (χ0v) is 15.4. The normalized spacial score (nSPS) is 14.2. The van der Waals surface area contributed by atoms with Crippen molar-refractivity contribution in [3.63, 3.8) is 0 Å². The van der Waals surface area contributed by atoms with Gasteiger partial charge in [-0.2, -0.15) is 0 Å². The van der Waals surface area contributed by atoms with Crippen LogP contribution >= 0.6 is 11.8 Å². The monoisotopic (exact) mass is 364 g/mol. The van der Waals surface area contributed by atoms with E-state index >= 15 is 0 Å². The molecule has 0 aliphatic carbocycles. The first-order valence-electron chi connectivity index (χ1n) is 8.63. The molecule has 1 aliphatic heterocycles. The number of nitrogens with zero attached hydrogens (tertiary/aromatic N) is 1. The van der Waals surface area contributed by atoms with Crippen LogP contribution in [0.5, 0.6) is 11.5 Å². The largest absolute Gasteiger partial charge is 0.457 e. The van der Waals surface area contributed by atoms with Crippen LogP contribution in [0.1, 0.15) is 5.56 Å². The number of nitrogens with one attached hydrogen (secondary N) is 1. The average Bonchev–Trinajstić information content (AvgIpc) is 3.09. The third kappa shape index (κ3) is 3.41. The van der Waals surface area contributed by atoms with Crippen molar-refractivity contribution in [3.05, 3.63) is 66.2 Å². The van der Waals surface area contributed by atoms with Gasteiger partial charge < -0.3 is 15.0 Å². The average molecular weight is 364 g/mol. The Morgan fingerprint density at radius 3 is 2.69 bits per heavy atom. The smallest absolute Gasteiger partial charge is 0.286 e. The fourth-order valence-corrected chi connectivity index (χ4v) is 3.95. The molecule has 1 aliphatic rings. The first-order valence-corrected chi connectivity index (χ1v) is 9.61. The van der Waals surface area contributed by atoms with E-state index in [1.165, 1.54) is 17.1 Å². The Kier molecular flexibility index (Phi) is 4.82. The molecule has 26 heavy (non-hydrogen) atoms. The van der Waals surface area contributed by atoms with Crippen molar-refractivity contribution in [2.24, 2.45) is 0 Å². The number of anilines is 1. The van der Waals surface area contributed by atoms with Gasteiger partial charge in [0.1, 0.15) is 11.5 Å². The summed E-state index contributed by atoms with van der Waals surface area (Å²) in [5.74, 6) is 2.45. The molecule has 5 heteroatoms. The predicted molar refractivity (Wildman–Crippen MR) is 108 cm³/mol. The molecule has 1 heterocycles. The Labute approximate surface area is 157 Å². The van der Waals surface area contributed by atoms with E-state index in [1.54, 1.807) is 0 Å². The summed E-state index contributed by atoms with van der Waals surface area (Å²) in [6.45, 7) is 1.43. The van der Waals surface area contributed by atoms with E-state index in [2.05, 4.69) is 23.5 Å². The quantitative estimate of drug-likeness (QED) is 0.690. The number of hydrogen-bond acceptors (Lipinski definition) is 4. The molecule has 3 aromatic carbocycles. The van der Waals surface area contributed by atoms with Crippen LogP contribution < -0.4 is 15.0 Å². The maximum Gasteiger partial charge on any atom is 0.286 e. The maximum absolute atomic E-state index is 12.0. The first kappa shape index (κ1) is 16.9. The lowest BCUT2D eigenvalue weighted by atomic mass is 10.1. The van der Waals surface area contributed by atoms with Gasteiger partial charge in [0.25, 0.3) is 5.24 Å². The summed E-state index contributed by atoms with van der Waals surface area (Å²) in [5.41, 5.74) is 1.96. The van der Waals surface area contributed by atoms with Crippen LogP contribution in [-0.2, 0) is 6.54 Å². The molecule has 3 aromatic rings. The summed E-state index contributed by atoms with van der Waals surface area (Å²) in [4.78, 5) is 13.8. The molecule has 0 spiro atoms. The van der Waals surface area contributed by atoms with E-state index in [0.29, 0.717) is 6.54 Å². The number of fused-ring (bicyclic) bond motifs is 1. The fourth-order valence-electron chi connectivity index (χ4n) is 3.15. The van der Waals surface area contributed by atoms with Gasteiger partial charge in [-0.15, -0.1) is 0 Å². The van der Waals surface area contributed by atoms with Crippen molar-refractivity contribution in [1.82, 2.24) is 5.32 Å². The number of amides is 1. The standard InChI is InChI=1S/C21H20N2O2S/c1-22-14-17-12-18(23-10-11-26-21(23)24)7-9-20(17)25-19-8-6-15-4-2-3-5-16(15)13-19/h2-9,12-13,22H,10-11,14H2,1H3. The molecule has 0 saturated carbocycles. The summed E-state index contributed by atoms with van der Waals surface area (Å²) in [6, 6.07) is 20.3. The molecule has 4 rings (SSSR count). The van der Waals surface area contributed by atoms with Gasteiger partial charge in [-0.05, 0) is 48.2 Å². The molecule has 0 atom stereocenters. The molecule has 4 nitrogen and oxygen atoms in total. The molecular formula is C21H20N2O2S. The molecule has 1 amide bonds. The molecule has 1 saturated heterocycles. The van der Waals surface area contributed by atoms with Gasteiger partial charge in [0.05, 0.1) is 0 Å². The van der Waals surface area contributed by atoms with Gasteiger partial charge in [0.2, 0.25) is 0 Å². The number of carbonyl (C=O) groups excluding carboxylic acids is 1. The second-order valence-corrected chi connectivity index (χ2v) is 7.25. The fraction of sp³-hybridized carbons (Fsp3) is 0.190. The zero-order chi connectivity index (χ0) is 17.9. The minimum absolute atomic E-state index is 0.114. The molecule has 0 bridgehead atoms. The maximum atomic E-state index is 12.0. The van der Waals surface area contributed by atoms with Crippen molar-refractivity contribution in [3.8, 4) is 11.5 Å². The molecular weight excluding hydrogens is 344 g/mol. The second-order valence-electron chi connectivity index (χ2n) is 6.20. The summed E-state index contributed by atoms with van der Waals surface area (Å²) in [5, 5.41) is 5.63. The molecule has 132 valence electrons. The van der Waals surface area contributed by atoms with E-state index < -0.39 is 0 Å². The highest BCUT2D eigenvalue weighted by Gasteiger charge is 2.23. The topological polar surface area (TPSA) is 41.6 Å². The number of carbonyl (C=O) groups is 1. The van der Waals surface area contributed by atoms with E-state index in [0.717, 1.165) is 40.4 Å². The minimum Gasteiger partial charge on any atom is -0.457 e. The summed E-state index contributed by atoms with van der Waals surface area (Å²) < 4.78 is 6.17. The number of benzene rings is 3. The Balaban J connectivity index is 1.64. The predicted octanol–water partition coefficient (Wildman–Crippen LogP) is 5.02. The van der Waals surface area contributed by atoms with Gasteiger partial charge in [-0.25, -0.2) is 0 Å². The van der Waals surface area contributed by atoms with Gasteiger partial charge in [0.15, 0.2) is 0 Å². The summed E-state index contributed by atoms with van der Waals surface area (Å²) in [6.07, 6.45) is 0. The van der Waals surface area contributed by atoms with E-state index in [4.69, 9.17) is 4.74 Å². The van der Waals surface area contributed by atoms with Crippen LogP contribution in [0, 0.1) is 0 Å². The van der Waals surface area contributed by atoms with Crippen LogP contribution in [0.4, 0.5) is 10.5 Å². The summed E-state index contributed by atoms with van der Waals surface area (Å²) >= 11 is 1.37. The van der Waals surface area contributed by atoms with Crippen molar-refractivity contribution in [2.75, 3.05) is 24.2 Å². The molecule has 1 fully saturated rings. The van der Waals surface area contributed by atoms with Crippen LogP contribution in [0.25, 0.3) is 10.8 Å². The third-order valence-electron chi connectivity index (χ3n) is 4.43. The lowest BCUT2D eigenvalue weighted by Crippen LogP contribution is -2.22. The van der Waals surface area contributed by atoms with Crippen LogP contribution in [-0.4, -0.2) is 24.6 Å². The van der Waals surface area contributed by atoms with Crippen LogP contribution in [0.15, 0.2) is 60.7 Å². The van der Waals surface area contributed by atoms with E-state index in [1.807, 2.05) is 54.4 Å². The lowest BCUT2D eigenvalue weighted by Gasteiger charge is -2.18. The highest BCUT2D eigenvalue weighted by molar-refractivity contribution is 8.14. The Hall–Kier alpha value is -2.50. The van der Waals surface area contributed by atoms with Crippen molar-refractivity contribution in [1.29, 1.82) is 0 Å². The number of rotatable bonds is 5. The second kappa shape index (κ2) is 7.40. The van der Waals surface area contributed by atoms with Crippen LogP contribution in [0.2, 0.25) is 0 Å². The number of ether oxygens (including phenoxy) is 1. The minimum atomic E-state index is 0.114. The van der Waals surface area contributed by atoms with Gasteiger partial charge in [-0.3, -0.25) is 4.79 Å². The Morgan fingerprint density at radius 2 is 1.92 bits per heavy atom. The van der Waals surface area contributed by atoms with Gasteiger partial charge >= 0.3 is 0 Å². The van der Waals surface area contributed by atoms with Crippen molar-refractivity contribution >= 4 is 33.5 Å². The lowest BCUT2D eigenvalue weighted by molar-refractivity contribution is 0.266. The van der Waals surface area contributed by atoms with E-state index in [-0.39, 0.29) is 5.24 Å². The van der Waals surface area contributed by atoms with Crippen molar-refractivity contribution < 1.29 is 9.53 Å². The van der Waals surface area contributed by atoms with Gasteiger partial charge in [-0.1, -0.05) is 42.1 Å². The molecule has 0 aromatic heterocycles. The zero-order valence-electron chi connectivity index (χ0n) is 14.6.